The number of aliphatic carboxylic acids is 2. The quantitative estimate of drug-likeness (QED) is 0.692. The Morgan fingerprint density at radius 3 is 2.50 bits per heavy atom. The number of anilines is 1. The highest BCUT2D eigenvalue weighted by Crippen LogP contribution is 2.32. The molecule has 1 aromatic rings. The maximum absolute atomic E-state index is 12.5. The van der Waals surface area contributed by atoms with Crippen LogP contribution in [0.4, 0.5) is 5.69 Å². The fraction of sp³-hybridized carbons (Fsp3) is 0.375. The number of para-hydroxylation sites is 1. The number of benzene rings is 1. The van der Waals surface area contributed by atoms with Gasteiger partial charge in [-0.3, -0.25) is 14.5 Å². The van der Waals surface area contributed by atoms with Gasteiger partial charge in [-0.25, -0.2) is 9.59 Å². The van der Waals surface area contributed by atoms with Crippen molar-refractivity contribution >= 4 is 29.4 Å². The molecule has 1 heterocycles. The third kappa shape index (κ3) is 3.70. The molecule has 0 radical (unpaired) electrons. The predicted octanol–water partition coefficient (Wildman–Crippen LogP) is 0.398. The molecular weight excluding hydrogens is 316 g/mol. The first-order chi connectivity index (χ1) is 11.3. The van der Waals surface area contributed by atoms with E-state index in [0.717, 1.165) is 5.56 Å². The number of nitrogens with one attached hydrogen (secondary N) is 1. The average molecular weight is 334 g/mol. The number of hydrogen-bond acceptors (Lipinski definition) is 4. The summed E-state index contributed by atoms with van der Waals surface area (Å²) in [4.78, 5) is 47.2. The van der Waals surface area contributed by atoms with Crippen molar-refractivity contribution in [1.82, 2.24) is 5.32 Å². The Morgan fingerprint density at radius 2 is 1.92 bits per heavy atom. The van der Waals surface area contributed by atoms with Crippen LogP contribution in [0.15, 0.2) is 24.3 Å². The first-order valence-corrected chi connectivity index (χ1v) is 7.44. The van der Waals surface area contributed by atoms with Gasteiger partial charge in [0.05, 0.1) is 0 Å². The maximum Gasteiger partial charge on any atom is 0.327 e. The summed E-state index contributed by atoms with van der Waals surface area (Å²) in [6.45, 7) is 1.19. The third-order valence-electron chi connectivity index (χ3n) is 3.85. The fourth-order valence-electron chi connectivity index (χ4n) is 2.78. The molecule has 2 rings (SSSR count). The first kappa shape index (κ1) is 17.5. The van der Waals surface area contributed by atoms with E-state index >= 15 is 0 Å². The zero-order valence-electron chi connectivity index (χ0n) is 13.1. The van der Waals surface area contributed by atoms with Gasteiger partial charge in [0, 0.05) is 25.5 Å². The number of fused-ring (bicyclic) bond motifs is 1. The lowest BCUT2D eigenvalue weighted by atomic mass is 10.1. The van der Waals surface area contributed by atoms with Crippen LogP contribution >= 0.6 is 0 Å². The highest BCUT2D eigenvalue weighted by atomic mass is 16.4. The minimum Gasteiger partial charge on any atom is -0.480 e. The predicted molar refractivity (Wildman–Crippen MR) is 83.5 cm³/mol. The molecule has 1 aliphatic heterocycles. The molecule has 0 saturated heterocycles. The van der Waals surface area contributed by atoms with Gasteiger partial charge in [0.15, 0.2) is 0 Å². The summed E-state index contributed by atoms with van der Waals surface area (Å²) in [6.07, 6.45) is -0.0839. The Bertz CT molecular complexity index is 687. The topological polar surface area (TPSA) is 124 Å². The molecular formula is C16H18N2O6. The monoisotopic (exact) mass is 334 g/mol. The van der Waals surface area contributed by atoms with E-state index in [2.05, 4.69) is 5.32 Å². The van der Waals surface area contributed by atoms with E-state index in [-0.39, 0.29) is 19.3 Å². The van der Waals surface area contributed by atoms with E-state index in [1.54, 1.807) is 24.3 Å². The van der Waals surface area contributed by atoms with Crippen LogP contribution in [0.2, 0.25) is 0 Å². The van der Waals surface area contributed by atoms with Gasteiger partial charge in [0.1, 0.15) is 12.1 Å². The average Bonchev–Trinajstić information content (AvgIpc) is 2.90. The molecule has 8 nitrogen and oxygen atoms in total. The van der Waals surface area contributed by atoms with Crippen LogP contribution in [-0.4, -0.2) is 46.0 Å². The Labute approximate surface area is 138 Å². The van der Waals surface area contributed by atoms with E-state index in [1.165, 1.54) is 11.8 Å². The highest BCUT2D eigenvalue weighted by molar-refractivity contribution is 6.02. The molecule has 24 heavy (non-hydrogen) atoms. The third-order valence-corrected chi connectivity index (χ3v) is 3.85. The molecule has 0 aromatic heterocycles. The second-order valence-electron chi connectivity index (χ2n) is 5.58. The summed E-state index contributed by atoms with van der Waals surface area (Å²) in [7, 11) is 0. The molecule has 1 aliphatic rings. The summed E-state index contributed by atoms with van der Waals surface area (Å²) >= 11 is 0. The Hall–Kier alpha value is -2.90. The van der Waals surface area contributed by atoms with Gasteiger partial charge in [0.25, 0.3) is 0 Å². The number of carboxylic acid groups (broad SMARTS) is 2. The summed E-state index contributed by atoms with van der Waals surface area (Å²) in [5.74, 6) is -3.35. The molecule has 0 unspecified atom stereocenters. The fourth-order valence-corrected chi connectivity index (χ4v) is 2.78. The second kappa shape index (κ2) is 7.12. The lowest BCUT2D eigenvalue weighted by Crippen LogP contribution is -2.44. The van der Waals surface area contributed by atoms with Crippen molar-refractivity contribution in [3.63, 3.8) is 0 Å². The molecule has 2 amide bonds. The van der Waals surface area contributed by atoms with Crippen molar-refractivity contribution in [1.29, 1.82) is 0 Å². The van der Waals surface area contributed by atoms with Gasteiger partial charge in [-0.2, -0.15) is 0 Å². The molecule has 0 fully saturated rings. The van der Waals surface area contributed by atoms with E-state index in [4.69, 9.17) is 5.11 Å². The van der Waals surface area contributed by atoms with Gasteiger partial charge in [0.2, 0.25) is 11.8 Å². The lowest BCUT2D eigenvalue weighted by molar-refractivity contribution is -0.142. The summed E-state index contributed by atoms with van der Waals surface area (Å²) in [6, 6.07) is 4.71. The van der Waals surface area contributed by atoms with Crippen molar-refractivity contribution in [2.45, 2.75) is 38.3 Å². The zero-order valence-corrected chi connectivity index (χ0v) is 13.1. The van der Waals surface area contributed by atoms with Crippen molar-refractivity contribution in [2.24, 2.45) is 0 Å². The Kier molecular flexibility index (Phi) is 5.18. The van der Waals surface area contributed by atoms with Gasteiger partial charge in [-0.05, 0) is 18.1 Å². The molecule has 0 aliphatic carbocycles. The van der Waals surface area contributed by atoms with Gasteiger partial charge in [-0.15, -0.1) is 0 Å². The number of amides is 2. The number of carbonyl (C=O) groups is 4. The van der Waals surface area contributed by atoms with Gasteiger partial charge in [-0.1, -0.05) is 18.2 Å². The van der Waals surface area contributed by atoms with Gasteiger partial charge < -0.3 is 15.5 Å². The van der Waals surface area contributed by atoms with E-state index in [1.807, 2.05) is 0 Å². The molecule has 8 heteroatoms. The lowest BCUT2D eigenvalue weighted by Gasteiger charge is -2.23. The normalized spacial score (nSPS) is 17.0. The second-order valence-corrected chi connectivity index (χ2v) is 5.58. The van der Waals surface area contributed by atoms with Crippen LogP contribution in [0, 0.1) is 0 Å². The molecule has 2 atom stereocenters. The van der Waals surface area contributed by atoms with E-state index in [0.29, 0.717) is 5.69 Å². The smallest absolute Gasteiger partial charge is 0.327 e. The van der Waals surface area contributed by atoms with E-state index < -0.39 is 35.8 Å². The first-order valence-electron chi connectivity index (χ1n) is 7.44. The number of carbonyl (C=O) groups excluding carboxylic acids is 2. The van der Waals surface area contributed by atoms with Crippen molar-refractivity contribution in [2.75, 3.05) is 4.90 Å². The molecule has 0 bridgehead atoms. The van der Waals surface area contributed by atoms with Crippen molar-refractivity contribution < 1.29 is 29.4 Å². The van der Waals surface area contributed by atoms with Crippen LogP contribution in [0.1, 0.15) is 25.3 Å². The number of rotatable bonds is 6. The number of carboxylic acids is 2. The van der Waals surface area contributed by atoms with Crippen molar-refractivity contribution in [3.8, 4) is 0 Å². The van der Waals surface area contributed by atoms with Crippen molar-refractivity contribution in [3.05, 3.63) is 29.8 Å². The minimum atomic E-state index is -1.24. The Morgan fingerprint density at radius 1 is 1.25 bits per heavy atom. The molecule has 3 N–H and O–H groups in total. The largest absolute Gasteiger partial charge is 0.480 e. The summed E-state index contributed by atoms with van der Waals surface area (Å²) < 4.78 is 0. The molecule has 0 spiro atoms. The number of hydrogen-bond donors (Lipinski definition) is 3. The maximum atomic E-state index is 12.5. The highest BCUT2D eigenvalue weighted by Gasteiger charge is 2.38. The SMILES string of the molecule is CC(=O)N[C@H](CCC(=O)N1c2ccccc2C[C@H]1C(=O)O)C(=O)O. The van der Waals surface area contributed by atoms with E-state index in [9.17, 15) is 24.3 Å². The molecule has 1 aromatic carbocycles. The summed E-state index contributed by atoms with van der Waals surface area (Å²) in [5.41, 5.74) is 1.29. The number of nitrogens with zero attached hydrogens (tertiary/aromatic N) is 1. The molecule has 0 saturated carbocycles. The van der Waals surface area contributed by atoms with Crippen LogP contribution in [0.25, 0.3) is 0 Å². The minimum absolute atomic E-state index is 0.112. The van der Waals surface area contributed by atoms with Crippen LogP contribution in [0.5, 0.6) is 0 Å². The molecule has 128 valence electrons. The van der Waals surface area contributed by atoms with Crippen LogP contribution in [0.3, 0.4) is 0 Å². The van der Waals surface area contributed by atoms with Gasteiger partial charge >= 0.3 is 11.9 Å². The zero-order chi connectivity index (χ0) is 17.9. The standard InChI is InChI=1S/C16H18N2O6/c1-9(19)17-11(15(21)22)6-7-14(20)18-12-5-3-2-4-10(12)8-13(18)16(23)24/h2-5,11,13H,6-8H2,1H3,(H,17,19)(H,21,22)(H,23,24)/t11-,13+/m1/s1. The van der Waals surface area contributed by atoms with Crippen LogP contribution in [-0.2, 0) is 25.6 Å². The summed E-state index contributed by atoms with van der Waals surface area (Å²) in [5, 5.41) is 20.7. The Balaban J connectivity index is 2.13. The van der Waals surface area contributed by atoms with Crippen LogP contribution < -0.4 is 10.2 Å².